The number of ether oxygens (including phenoxy) is 3. The number of hydrogen-bond acceptors (Lipinski definition) is 5. The van der Waals surface area contributed by atoms with Crippen LogP contribution in [-0.4, -0.2) is 33.1 Å². The summed E-state index contributed by atoms with van der Waals surface area (Å²) >= 11 is 0. The Bertz CT molecular complexity index is 932. The molecule has 0 saturated carbocycles. The minimum Gasteiger partial charge on any atom is -0.496 e. The van der Waals surface area contributed by atoms with Crippen LogP contribution in [0.3, 0.4) is 0 Å². The molecule has 0 saturated heterocycles. The molecule has 27 heavy (non-hydrogen) atoms. The molecule has 2 aromatic carbocycles. The predicted octanol–water partition coefficient (Wildman–Crippen LogP) is 3.13. The quantitative estimate of drug-likeness (QED) is 0.798. The van der Waals surface area contributed by atoms with Crippen LogP contribution in [0.15, 0.2) is 47.1 Å². The molecular weight excluding hydrogens is 344 g/mol. The van der Waals surface area contributed by atoms with Crippen LogP contribution >= 0.6 is 0 Å². The number of rotatable bonds is 6. The molecule has 3 rings (SSSR count). The maximum Gasteiger partial charge on any atom is 0.275 e. The van der Waals surface area contributed by atoms with Gasteiger partial charge in [-0.05, 0) is 42.8 Å². The van der Waals surface area contributed by atoms with Crippen molar-refractivity contribution in [3.05, 3.63) is 58.8 Å². The molecule has 2 aromatic rings. The Hall–Kier alpha value is -3.28. The van der Waals surface area contributed by atoms with Gasteiger partial charge in [-0.25, -0.2) is 4.99 Å². The van der Waals surface area contributed by atoms with Gasteiger partial charge in [0, 0.05) is 12.0 Å². The van der Waals surface area contributed by atoms with Gasteiger partial charge in [-0.3, -0.25) is 4.79 Å². The number of amides is 1. The van der Waals surface area contributed by atoms with E-state index in [0.717, 1.165) is 16.7 Å². The number of methoxy groups -OCH3 is 3. The van der Waals surface area contributed by atoms with E-state index in [1.54, 1.807) is 27.4 Å². The molecule has 1 heterocycles. The van der Waals surface area contributed by atoms with Gasteiger partial charge in [-0.1, -0.05) is 17.7 Å². The first-order chi connectivity index (χ1) is 13.0. The van der Waals surface area contributed by atoms with Crippen LogP contribution in [-0.2, 0) is 11.2 Å². The summed E-state index contributed by atoms with van der Waals surface area (Å²) in [5, 5.41) is 2.82. The fourth-order valence-electron chi connectivity index (χ4n) is 2.90. The Labute approximate surface area is 158 Å². The summed E-state index contributed by atoms with van der Waals surface area (Å²) < 4.78 is 15.9. The fourth-order valence-corrected chi connectivity index (χ4v) is 2.90. The smallest absolute Gasteiger partial charge is 0.275 e. The zero-order chi connectivity index (χ0) is 19.4. The summed E-state index contributed by atoms with van der Waals surface area (Å²) in [5.74, 6) is 2.36. The van der Waals surface area contributed by atoms with Gasteiger partial charge >= 0.3 is 0 Å². The average Bonchev–Trinajstić information content (AvgIpc) is 3.00. The molecule has 0 spiro atoms. The lowest BCUT2D eigenvalue weighted by Crippen LogP contribution is -2.25. The number of aliphatic imine (C=N–C) groups is 1. The van der Waals surface area contributed by atoms with E-state index in [4.69, 9.17) is 14.2 Å². The van der Waals surface area contributed by atoms with Crippen molar-refractivity contribution in [3.63, 3.8) is 0 Å². The zero-order valence-corrected chi connectivity index (χ0v) is 15.8. The summed E-state index contributed by atoms with van der Waals surface area (Å²) in [7, 11) is 4.79. The summed E-state index contributed by atoms with van der Waals surface area (Å²) in [4.78, 5) is 16.8. The van der Waals surface area contributed by atoms with E-state index in [9.17, 15) is 4.79 Å². The number of aryl methyl sites for hydroxylation is 1. The summed E-state index contributed by atoms with van der Waals surface area (Å²) in [6.07, 6.45) is 2.22. The second-order valence-corrected chi connectivity index (χ2v) is 6.15. The van der Waals surface area contributed by atoms with Crippen molar-refractivity contribution < 1.29 is 19.0 Å². The lowest BCUT2D eigenvalue weighted by Gasteiger charge is -2.09. The second-order valence-electron chi connectivity index (χ2n) is 6.15. The molecule has 140 valence electrons. The maximum absolute atomic E-state index is 12.3. The van der Waals surface area contributed by atoms with Crippen molar-refractivity contribution in [3.8, 4) is 17.2 Å². The number of nitrogens with one attached hydrogen (secondary N) is 1. The highest BCUT2D eigenvalue weighted by Crippen LogP contribution is 2.28. The maximum atomic E-state index is 12.3. The van der Waals surface area contributed by atoms with Crippen molar-refractivity contribution in [2.45, 2.75) is 13.3 Å². The van der Waals surface area contributed by atoms with Gasteiger partial charge in [0.15, 0.2) is 11.5 Å². The Morgan fingerprint density at radius 1 is 0.963 bits per heavy atom. The molecule has 1 N–H and O–H groups in total. The number of benzene rings is 2. The largest absolute Gasteiger partial charge is 0.496 e. The number of nitrogens with zero attached hydrogens (tertiary/aromatic N) is 1. The van der Waals surface area contributed by atoms with Crippen molar-refractivity contribution in [2.75, 3.05) is 21.3 Å². The summed E-state index contributed by atoms with van der Waals surface area (Å²) in [6.45, 7) is 1.99. The van der Waals surface area contributed by atoms with Crippen molar-refractivity contribution in [1.82, 2.24) is 5.32 Å². The molecule has 1 aliphatic rings. The lowest BCUT2D eigenvalue weighted by atomic mass is 10.1. The molecule has 6 nitrogen and oxygen atoms in total. The Balaban J connectivity index is 1.86. The molecule has 0 atom stereocenters. The molecule has 0 fully saturated rings. The Morgan fingerprint density at radius 3 is 2.37 bits per heavy atom. The van der Waals surface area contributed by atoms with Crippen molar-refractivity contribution in [1.29, 1.82) is 0 Å². The normalized spacial score (nSPS) is 14.7. The molecule has 0 unspecified atom stereocenters. The molecule has 0 aromatic heterocycles. The highest BCUT2D eigenvalue weighted by atomic mass is 16.5. The van der Waals surface area contributed by atoms with Gasteiger partial charge in [0.2, 0.25) is 0 Å². The number of hydrogen-bond donors (Lipinski definition) is 1. The molecule has 6 heteroatoms. The average molecular weight is 366 g/mol. The number of carbonyl (C=O) groups is 1. The van der Waals surface area contributed by atoms with Crippen LogP contribution in [0.4, 0.5) is 0 Å². The molecule has 0 aliphatic carbocycles. The summed E-state index contributed by atoms with van der Waals surface area (Å²) in [5.41, 5.74) is 3.21. The van der Waals surface area contributed by atoms with Crippen LogP contribution in [0.2, 0.25) is 0 Å². The SMILES string of the molecule is COc1ccc(C)cc1/C=C1/N=C(Cc2ccc(OC)c(OC)c2)NC1=O. The topological polar surface area (TPSA) is 69.2 Å². The number of amidine groups is 1. The van der Waals surface area contributed by atoms with E-state index in [1.165, 1.54) is 0 Å². The lowest BCUT2D eigenvalue weighted by molar-refractivity contribution is -0.115. The fraction of sp³-hybridized carbons (Fsp3) is 0.238. The molecule has 0 radical (unpaired) electrons. The monoisotopic (exact) mass is 366 g/mol. The standard InChI is InChI=1S/C21H22N2O4/c1-13-5-7-17(25-2)15(9-13)12-16-21(24)23-20(22-16)11-14-6-8-18(26-3)19(10-14)27-4/h5-10,12H,11H2,1-4H3,(H,22,23,24)/b16-12+. The molecule has 1 aliphatic heterocycles. The summed E-state index contributed by atoms with van der Waals surface area (Å²) in [6, 6.07) is 11.4. The molecule has 1 amide bonds. The Morgan fingerprint density at radius 2 is 1.67 bits per heavy atom. The zero-order valence-electron chi connectivity index (χ0n) is 15.8. The van der Waals surface area contributed by atoms with Crippen molar-refractivity contribution in [2.24, 2.45) is 4.99 Å². The van der Waals surface area contributed by atoms with Gasteiger partial charge in [-0.2, -0.15) is 0 Å². The van der Waals surface area contributed by atoms with E-state index < -0.39 is 0 Å². The van der Waals surface area contributed by atoms with Gasteiger partial charge in [0.25, 0.3) is 5.91 Å². The van der Waals surface area contributed by atoms with Crippen LogP contribution < -0.4 is 19.5 Å². The highest BCUT2D eigenvalue weighted by molar-refractivity contribution is 6.14. The first kappa shape index (κ1) is 18.5. The van der Waals surface area contributed by atoms with E-state index in [2.05, 4.69) is 10.3 Å². The van der Waals surface area contributed by atoms with E-state index in [-0.39, 0.29) is 5.91 Å². The Kier molecular flexibility index (Phi) is 5.45. The molecular formula is C21H22N2O4. The van der Waals surface area contributed by atoms with Gasteiger partial charge in [0.1, 0.15) is 17.3 Å². The van der Waals surface area contributed by atoms with Crippen molar-refractivity contribution >= 4 is 17.8 Å². The van der Waals surface area contributed by atoms with E-state index >= 15 is 0 Å². The highest BCUT2D eigenvalue weighted by Gasteiger charge is 2.21. The third-order valence-corrected chi connectivity index (χ3v) is 4.24. The third kappa shape index (κ3) is 4.11. The van der Waals surface area contributed by atoms with Crippen LogP contribution in [0.1, 0.15) is 16.7 Å². The van der Waals surface area contributed by atoms with Gasteiger partial charge in [-0.15, -0.1) is 0 Å². The van der Waals surface area contributed by atoms with Crippen LogP contribution in [0.25, 0.3) is 6.08 Å². The van der Waals surface area contributed by atoms with Gasteiger partial charge in [0.05, 0.1) is 21.3 Å². The van der Waals surface area contributed by atoms with Crippen LogP contribution in [0.5, 0.6) is 17.2 Å². The minimum absolute atomic E-state index is 0.228. The van der Waals surface area contributed by atoms with E-state index in [1.807, 2.05) is 43.3 Å². The first-order valence-electron chi connectivity index (χ1n) is 8.50. The van der Waals surface area contributed by atoms with Crippen LogP contribution in [0, 0.1) is 6.92 Å². The van der Waals surface area contributed by atoms with E-state index in [0.29, 0.717) is 35.2 Å². The number of carbonyl (C=O) groups excluding carboxylic acids is 1. The van der Waals surface area contributed by atoms with Gasteiger partial charge < -0.3 is 19.5 Å². The minimum atomic E-state index is -0.228. The predicted molar refractivity (Wildman–Crippen MR) is 105 cm³/mol. The third-order valence-electron chi connectivity index (χ3n) is 4.24. The first-order valence-corrected chi connectivity index (χ1v) is 8.50. The second kappa shape index (κ2) is 7.95. The molecule has 0 bridgehead atoms.